The number of aromatic nitrogens is 4. The molecular weight excluding hydrogens is 352 g/mol. The Morgan fingerprint density at radius 2 is 2.21 bits per heavy atom. The summed E-state index contributed by atoms with van der Waals surface area (Å²) in [7, 11) is 0. The van der Waals surface area contributed by atoms with Gasteiger partial charge in [0.25, 0.3) is 5.88 Å². The van der Waals surface area contributed by atoms with Gasteiger partial charge in [0.15, 0.2) is 5.01 Å². The number of benzene rings is 1. The highest BCUT2D eigenvalue weighted by atomic mass is 35.5. The van der Waals surface area contributed by atoms with Gasteiger partial charge in [-0.3, -0.25) is 0 Å². The lowest BCUT2D eigenvalue weighted by molar-refractivity contribution is 0.0687. The molecule has 1 aromatic carbocycles. The topological polar surface area (TPSA) is 101 Å². The SMILES string of the molecule is Cc1cnc(C#Cc2cc(Cl)cc(Oc3[nH]nnc3C(=O)O)c2)s1. The number of carboxylic acids is 1. The van der Waals surface area contributed by atoms with Crippen LogP contribution in [0.25, 0.3) is 0 Å². The standard InChI is InChI=1S/C15H9ClN4O3S/c1-8-7-17-12(24-8)3-2-9-4-10(16)6-11(5-9)23-14-13(15(21)22)18-20-19-14/h4-7H,1H3,(H,21,22)(H,18,19,20). The van der Waals surface area contributed by atoms with Crippen LogP contribution in [0.1, 0.15) is 25.9 Å². The first-order valence-corrected chi connectivity index (χ1v) is 7.78. The Balaban J connectivity index is 1.88. The van der Waals surface area contributed by atoms with Crippen LogP contribution < -0.4 is 4.74 Å². The highest BCUT2D eigenvalue weighted by Gasteiger charge is 2.17. The highest BCUT2D eigenvalue weighted by molar-refractivity contribution is 7.12. The number of nitrogens with one attached hydrogen (secondary N) is 1. The number of halogens is 1. The molecule has 0 bridgehead atoms. The van der Waals surface area contributed by atoms with E-state index in [9.17, 15) is 4.79 Å². The first-order valence-electron chi connectivity index (χ1n) is 6.58. The molecule has 0 aliphatic rings. The van der Waals surface area contributed by atoms with Gasteiger partial charge in [0.1, 0.15) is 5.75 Å². The van der Waals surface area contributed by atoms with E-state index in [4.69, 9.17) is 21.4 Å². The molecule has 0 aliphatic carbocycles. The molecule has 0 amide bonds. The Labute approximate surface area is 145 Å². The number of aromatic amines is 1. The normalized spacial score (nSPS) is 10.1. The first kappa shape index (κ1) is 16.0. The van der Waals surface area contributed by atoms with Gasteiger partial charge in [0, 0.05) is 21.7 Å². The minimum Gasteiger partial charge on any atom is -0.476 e. The van der Waals surface area contributed by atoms with Gasteiger partial charge in [0.05, 0.1) is 0 Å². The maximum absolute atomic E-state index is 11.0. The van der Waals surface area contributed by atoms with E-state index >= 15 is 0 Å². The Morgan fingerprint density at radius 3 is 2.92 bits per heavy atom. The average molecular weight is 361 g/mol. The van der Waals surface area contributed by atoms with Crippen molar-refractivity contribution in [1.82, 2.24) is 20.4 Å². The van der Waals surface area contributed by atoms with E-state index in [0.717, 1.165) is 4.88 Å². The molecule has 0 saturated heterocycles. The monoisotopic (exact) mass is 360 g/mol. The zero-order valence-electron chi connectivity index (χ0n) is 12.2. The molecule has 9 heteroatoms. The quantitative estimate of drug-likeness (QED) is 0.696. The number of carboxylic acid groups (broad SMARTS) is 1. The van der Waals surface area contributed by atoms with E-state index in [1.165, 1.54) is 17.4 Å². The number of ether oxygens (including phenoxy) is 1. The van der Waals surface area contributed by atoms with Crippen molar-refractivity contribution in [3.05, 3.63) is 50.6 Å². The van der Waals surface area contributed by atoms with Crippen molar-refractivity contribution in [2.45, 2.75) is 6.92 Å². The summed E-state index contributed by atoms with van der Waals surface area (Å²) in [6, 6.07) is 4.84. The van der Waals surface area contributed by atoms with Crippen molar-refractivity contribution < 1.29 is 14.6 Å². The fourth-order valence-corrected chi connectivity index (χ4v) is 2.62. The summed E-state index contributed by atoms with van der Waals surface area (Å²) >= 11 is 7.55. The molecule has 0 unspecified atom stereocenters. The zero-order valence-corrected chi connectivity index (χ0v) is 13.8. The van der Waals surface area contributed by atoms with E-state index in [1.807, 2.05) is 6.92 Å². The molecule has 0 fully saturated rings. The highest BCUT2D eigenvalue weighted by Crippen LogP contribution is 2.26. The van der Waals surface area contributed by atoms with Crippen molar-refractivity contribution in [2.75, 3.05) is 0 Å². The van der Waals surface area contributed by atoms with Crippen LogP contribution in [-0.4, -0.2) is 31.5 Å². The van der Waals surface area contributed by atoms with Gasteiger partial charge in [-0.1, -0.05) is 22.7 Å². The summed E-state index contributed by atoms with van der Waals surface area (Å²) in [6.07, 6.45) is 1.75. The van der Waals surface area contributed by atoms with Crippen molar-refractivity contribution in [1.29, 1.82) is 0 Å². The van der Waals surface area contributed by atoms with Gasteiger partial charge >= 0.3 is 5.97 Å². The van der Waals surface area contributed by atoms with Crippen LogP contribution in [0.15, 0.2) is 24.4 Å². The number of rotatable bonds is 3. The lowest BCUT2D eigenvalue weighted by Gasteiger charge is -2.04. The third kappa shape index (κ3) is 3.71. The average Bonchev–Trinajstić information content (AvgIpc) is 3.13. The molecule has 0 atom stereocenters. The molecule has 120 valence electrons. The third-order valence-corrected chi connectivity index (χ3v) is 3.79. The van der Waals surface area contributed by atoms with Crippen LogP contribution >= 0.6 is 22.9 Å². The number of thiazole rings is 1. The van der Waals surface area contributed by atoms with Crippen molar-refractivity contribution in [2.24, 2.45) is 0 Å². The van der Waals surface area contributed by atoms with Crippen molar-refractivity contribution in [3.8, 4) is 23.5 Å². The predicted molar refractivity (Wildman–Crippen MR) is 87.7 cm³/mol. The number of nitrogens with zero attached hydrogens (tertiary/aromatic N) is 3. The van der Waals surface area contributed by atoms with Gasteiger partial charge in [-0.15, -0.1) is 16.4 Å². The summed E-state index contributed by atoms with van der Waals surface area (Å²) in [5.41, 5.74) is 0.288. The predicted octanol–water partition coefficient (Wildman–Crippen LogP) is 3.11. The smallest absolute Gasteiger partial charge is 0.362 e. The first-order chi connectivity index (χ1) is 11.5. The van der Waals surface area contributed by atoms with E-state index in [0.29, 0.717) is 21.3 Å². The van der Waals surface area contributed by atoms with Gasteiger partial charge in [-0.25, -0.2) is 14.9 Å². The number of hydrogen-bond donors (Lipinski definition) is 2. The Hall–Kier alpha value is -2.89. The molecule has 2 aromatic heterocycles. The molecule has 3 rings (SSSR count). The maximum atomic E-state index is 11.0. The van der Waals surface area contributed by atoms with Crippen molar-refractivity contribution in [3.63, 3.8) is 0 Å². The molecular formula is C15H9ClN4O3S. The van der Waals surface area contributed by atoms with Crippen LogP contribution in [0.2, 0.25) is 5.02 Å². The fraction of sp³-hybridized carbons (Fsp3) is 0.0667. The number of hydrogen-bond acceptors (Lipinski definition) is 6. The molecule has 0 aliphatic heterocycles. The Kier molecular flexibility index (Phi) is 4.46. The van der Waals surface area contributed by atoms with Gasteiger partial charge in [0.2, 0.25) is 5.69 Å². The summed E-state index contributed by atoms with van der Waals surface area (Å²) in [4.78, 5) is 16.2. The van der Waals surface area contributed by atoms with Gasteiger partial charge < -0.3 is 9.84 Å². The summed E-state index contributed by atoms with van der Waals surface area (Å²) < 4.78 is 5.46. The third-order valence-electron chi connectivity index (χ3n) is 2.75. The van der Waals surface area contributed by atoms with Crippen LogP contribution in [0.3, 0.4) is 0 Å². The zero-order chi connectivity index (χ0) is 17.1. The minimum atomic E-state index is -1.25. The number of H-pyrrole nitrogens is 1. The number of carbonyl (C=O) groups is 1. The second-order valence-electron chi connectivity index (χ2n) is 4.60. The molecule has 0 spiro atoms. The summed E-state index contributed by atoms with van der Waals surface area (Å²) in [5, 5.41) is 19.3. The number of aromatic carboxylic acids is 1. The van der Waals surface area contributed by atoms with Gasteiger partial charge in [-0.05, 0) is 31.0 Å². The van der Waals surface area contributed by atoms with Crippen LogP contribution in [-0.2, 0) is 0 Å². The minimum absolute atomic E-state index is 0.0841. The van der Waals surface area contributed by atoms with Crippen LogP contribution in [0.5, 0.6) is 11.6 Å². The summed E-state index contributed by atoms with van der Waals surface area (Å²) in [5.74, 6) is 4.87. The lowest BCUT2D eigenvalue weighted by atomic mass is 10.2. The molecule has 0 saturated carbocycles. The Bertz CT molecular complexity index is 971. The molecule has 2 N–H and O–H groups in total. The van der Waals surface area contributed by atoms with Crippen molar-refractivity contribution >= 4 is 28.9 Å². The molecule has 7 nitrogen and oxygen atoms in total. The molecule has 3 aromatic rings. The Morgan fingerprint density at radius 1 is 1.38 bits per heavy atom. The second-order valence-corrected chi connectivity index (χ2v) is 6.27. The molecule has 24 heavy (non-hydrogen) atoms. The van der Waals surface area contributed by atoms with E-state index < -0.39 is 5.97 Å². The fourth-order valence-electron chi connectivity index (χ4n) is 1.78. The molecule has 0 radical (unpaired) electrons. The lowest BCUT2D eigenvalue weighted by Crippen LogP contribution is -1.99. The summed E-state index contributed by atoms with van der Waals surface area (Å²) in [6.45, 7) is 1.95. The largest absolute Gasteiger partial charge is 0.476 e. The maximum Gasteiger partial charge on any atom is 0.362 e. The van der Waals surface area contributed by atoms with E-state index in [1.54, 1.807) is 18.3 Å². The second kappa shape index (κ2) is 6.70. The van der Waals surface area contributed by atoms with Crippen LogP contribution in [0, 0.1) is 18.8 Å². The number of aryl methyl sites for hydroxylation is 1. The van der Waals surface area contributed by atoms with Gasteiger partial charge in [-0.2, -0.15) is 0 Å². The molecule has 2 heterocycles. The van der Waals surface area contributed by atoms with Crippen LogP contribution in [0.4, 0.5) is 0 Å². The van der Waals surface area contributed by atoms with E-state index in [2.05, 4.69) is 32.2 Å². The van der Waals surface area contributed by atoms with E-state index in [-0.39, 0.29) is 11.6 Å².